The van der Waals surface area contributed by atoms with Gasteiger partial charge in [0.2, 0.25) is 0 Å². The molecule has 0 heterocycles. The zero-order valence-corrected chi connectivity index (χ0v) is 11.9. The second kappa shape index (κ2) is 9.56. The van der Waals surface area contributed by atoms with Crippen molar-refractivity contribution in [3.05, 3.63) is 0 Å². The lowest BCUT2D eigenvalue weighted by Gasteiger charge is -2.20. The molecule has 2 aliphatic carbocycles. The van der Waals surface area contributed by atoms with Crippen LogP contribution in [0.1, 0.15) is 51.4 Å². The molecule has 2 atom stereocenters. The van der Waals surface area contributed by atoms with Crippen LogP contribution in [0.2, 0.25) is 0 Å². The molecule has 0 radical (unpaired) electrons. The zero-order valence-electron chi connectivity index (χ0n) is 11.9. The number of aldehydes is 4. The molecule has 2 fully saturated rings. The van der Waals surface area contributed by atoms with Gasteiger partial charge in [-0.1, -0.05) is 6.42 Å². The van der Waals surface area contributed by atoms with Gasteiger partial charge in [-0.25, -0.2) is 0 Å². The van der Waals surface area contributed by atoms with Crippen molar-refractivity contribution in [1.29, 1.82) is 0 Å². The molecule has 0 bridgehead atoms. The maximum Gasteiger partial charge on any atom is 0.123 e. The van der Waals surface area contributed by atoms with Crippen LogP contribution in [0.4, 0.5) is 0 Å². The van der Waals surface area contributed by atoms with Crippen LogP contribution in [0.25, 0.3) is 0 Å². The minimum atomic E-state index is 0.156. The highest BCUT2D eigenvalue weighted by molar-refractivity contribution is 5.58. The summed E-state index contributed by atoms with van der Waals surface area (Å²) in [6.45, 7) is 0. The molecule has 112 valence electrons. The van der Waals surface area contributed by atoms with Crippen molar-refractivity contribution in [3.63, 3.8) is 0 Å². The first-order chi connectivity index (χ1) is 9.73. The highest BCUT2D eigenvalue weighted by Gasteiger charge is 2.20. The Bertz CT molecular complexity index is 288. The van der Waals surface area contributed by atoms with Crippen molar-refractivity contribution in [3.8, 4) is 0 Å². The van der Waals surface area contributed by atoms with E-state index in [4.69, 9.17) is 0 Å². The van der Waals surface area contributed by atoms with E-state index in [0.29, 0.717) is 0 Å². The van der Waals surface area contributed by atoms with Gasteiger partial charge in [0.05, 0.1) is 0 Å². The molecule has 2 aliphatic rings. The quantitative estimate of drug-likeness (QED) is 0.741. The fourth-order valence-electron chi connectivity index (χ4n) is 2.93. The third kappa shape index (κ3) is 5.76. The minimum Gasteiger partial charge on any atom is -0.303 e. The Balaban J connectivity index is 0.000000200. The summed E-state index contributed by atoms with van der Waals surface area (Å²) in [5.74, 6) is 0.778. The van der Waals surface area contributed by atoms with Crippen molar-refractivity contribution < 1.29 is 19.2 Å². The van der Waals surface area contributed by atoms with Gasteiger partial charge >= 0.3 is 0 Å². The molecule has 4 nitrogen and oxygen atoms in total. The van der Waals surface area contributed by atoms with Crippen molar-refractivity contribution in [2.24, 2.45) is 23.7 Å². The molecular formula is C16H24O4. The Morgan fingerprint density at radius 2 is 0.850 bits per heavy atom. The Kier molecular flexibility index (Phi) is 8.00. The first-order valence-corrected chi connectivity index (χ1v) is 7.54. The lowest BCUT2D eigenvalue weighted by molar-refractivity contribution is -0.115. The summed E-state index contributed by atoms with van der Waals surface area (Å²) in [5, 5.41) is 0. The van der Waals surface area contributed by atoms with E-state index in [0.717, 1.165) is 76.5 Å². The lowest BCUT2D eigenvalue weighted by atomic mass is 9.83. The highest BCUT2D eigenvalue weighted by Crippen LogP contribution is 2.26. The van der Waals surface area contributed by atoms with Crippen LogP contribution in [0.15, 0.2) is 0 Å². The summed E-state index contributed by atoms with van der Waals surface area (Å²) in [7, 11) is 0. The first kappa shape index (κ1) is 16.7. The van der Waals surface area contributed by atoms with Gasteiger partial charge in [0.15, 0.2) is 0 Å². The predicted octanol–water partition coefficient (Wildman–Crippen LogP) is 2.38. The molecular weight excluding hydrogens is 256 g/mol. The molecule has 0 aliphatic heterocycles. The second-order valence-corrected chi connectivity index (χ2v) is 5.91. The lowest BCUT2D eigenvalue weighted by Crippen LogP contribution is -2.17. The Morgan fingerprint density at radius 3 is 1.15 bits per heavy atom. The van der Waals surface area contributed by atoms with E-state index in [1.54, 1.807) is 0 Å². The fourth-order valence-corrected chi connectivity index (χ4v) is 2.93. The first-order valence-electron chi connectivity index (χ1n) is 7.54. The average Bonchev–Trinajstić information content (AvgIpc) is 2.55. The molecule has 0 amide bonds. The van der Waals surface area contributed by atoms with Crippen molar-refractivity contribution in [2.75, 3.05) is 0 Å². The molecule has 0 aromatic heterocycles. The van der Waals surface area contributed by atoms with Crippen LogP contribution in [-0.2, 0) is 19.2 Å². The smallest absolute Gasteiger partial charge is 0.123 e. The molecule has 0 spiro atoms. The summed E-state index contributed by atoms with van der Waals surface area (Å²) in [6, 6.07) is 0. The maximum atomic E-state index is 10.3. The summed E-state index contributed by atoms with van der Waals surface area (Å²) >= 11 is 0. The van der Waals surface area contributed by atoms with Crippen LogP contribution >= 0.6 is 0 Å². The SMILES string of the molecule is O=CC1CCC(C=O)CC1.O=CC1CCCC(C=O)C1. The average molecular weight is 280 g/mol. The van der Waals surface area contributed by atoms with E-state index in [-0.39, 0.29) is 23.7 Å². The summed E-state index contributed by atoms with van der Waals surface area (Å²) < 4.78 is 0. The standard InChI is InChI=1S/2C8H12O2/c9-5-7-1-2-8(6-10)4-3-7;9-5-7-2-1-3-8(4-7)6-10/h2*5-8H,1-4H2. The van der Waals surface area contributed by atoms with E-state index in [2.05, 4.69) is 0 Å². The van der Waals surface area contributed by atoms with Gasteiger partial charge in [0.25, 0.3) is 0 Å². The molecule has 20 heavy (non-hydrogen) atoms. The topological polar surface area (TPSA) is 68.3 Å². The van der Waals surface area contributed by atoms with Crippen LogP contribution < -0.4 is 0 Å². The van der Waals surface area contributed by atoms with Crippen LogP contribution in [0.5, 0.6) is 0 Å². The van der Waals surface area contributed by atoms with E-state index < -0.39 is 0 Å². The van der Waals surface area contributed by atoms with E-state index in [9.17, 15) is 19.2 Å². The molecule has 4 heteroatoms. The van der Waals surface area contributed by atoms with Crippen molar-refractivity contribution in [2.45, 2.75) is 51.4 Å². The predicted molar refractivity (Wildman–Crippen MR) is 75.2 cm³/mol. The normalized spacial score (nSPS) is 33.2. The van der Waals surface area contributed by atoms with Gasteiger partial charge in [-0.05, 0) is 44.9 Å². The van der Waals surface area contributed by atoms with Gasteiger partial charge in [-0.15, -0.1) is 0 Å². The molecule has 2 saturated carbocycles. The number of rotatable bonds is 4. The Morgan fingerprint density at radius 1 is 0.500 bits per heavy atom. The summed E-state index contributed by atoms with van der Waals surface area (Å²) in [6.07, 6.45) is 11.4. The third-order valence-corrected chi connectivity index (χ3v) is 4.34. The molecule has 0 saturated heterocycles. The molecule has 0 aromatic carbocycles. The Hall–Kier alpha value is -1.32. The third-order valence-electron chi connectivity index (χ3n) is 4.34. The number of hydrogen-bond donors (Lipinski definition) is 0. The summed E-state index contributed by atoms with van der Waals surface area (Å²) in [5.41, 5.74) is 0. The van der Waals surface area contributed by atoms with E-state index >= 15 is 0 Å². The molecule has 2 rings (SSSR count). The van der Waals surface area contributed by atoms with Gasteiger partial charge in [-0.3, -0.25) is 0 Å². The second-order valence-electron chi connectivity index (χ2n) is 5.91. The van der Waals surface area contributed by atoms with Crippen LogP contribution in [0.3, 0.4) is 0 Å². The van der Waals surface area contributed by atoms with Crippen molar-refractivity contribution in [1.82, 2.24) is 0 Å². The highest BCUT2D eigenvalue weighted by atomic mass is 16.1. The van der Waals surface area contributed by atoms with Crippen LogP contribution in [0, 0.1) is 23.7 Å². The minimum absolute atomic E-state index is 0.156. The van der Waals surface area contributed by atoms with Gasteiger partial charge in [-0.2, -0.15) is 0 Å². The van der Waals surface area contributed by atoms with Crippen LogP contribution in [-0.4, -0.2) is 25.1 Å². The van der Waals surface area contributed by atoms with Gasteiger partial charge in [0.1, 0.15) is 25.1 Å². The molecule has 0 aromatic rings. The Labute approximate surface area is 120 Å². The van der Waals surface area contributed by atoms with Gasteiger partial charge in [0, 0.05) is 23.7 Å². The zero-order chi connectivity index (χ0) is 14.8. The number of carbonyl (C=O) groups is 4. The van der Waals surface area contributed by atoms with E-state index in [1.165, 1.54) is 0 Å². The monoisotopic (exact) mass is 280 g/mol. The summed E-state index contributed by atoms with van der Waals surface area (Å²) in [4.78, 5) is 41.1. The number of hydrogen-bond acceptors (Lipinski definition) is 4. The molecule has 0 N–H and O–H groups in total. The fraction of sp³-hybridized carbons (Fsp3) is 0.750. The van der Waals surface area contributed by atoms with Crippen molar-refractivity contribution >= 4 is 25.1 Å². The maximum absolute atomic E-state index is 10.3. The number of carbonyl (C=O) groups excluding carboxylic acids is 4. The largest absolute Gasteiger partial charge is 0.303 e. The molecule has 2 unspecified atom stereocenters. The van der Waals surface area contributed by atoms with Gasteiger partial charge < -0.3 is 19.2 Å². The van der Waals surface area contributed by atoms with E-state index in [1.807, 2.05) is 0 Å².